The van der Waals surface area contributed by atoms with E-state index in [2.05, 4.69) is 0 Å². The Morgan fingerprint density at radius 1 is 0.897 bits per heavy atom. The average molecular weight is 545 g/mol. The van der Waals surface area contributed by atoms with Crippen LogP contribution in [0.4, 0.5) is 13.2 Å². The number of esters is 1. The SMILES string of the molecule is CO[C@@H](/C=C/c1ccc(O)cc1)C[C@H](CCc1ccc(O)cc1)OC(=O)[C@@](OC)(c1ccccc1)C(F)(F)F. The minimum atomic E-state index is -5.10. The van der Waals surface area contributed by atoms with Crippen molar-refractivity contribution in [2.75, 3.05) is 14.2 Å². The number of hydrogen-bond acceptors (Lipinski definition) is 6. The van der Waals surface area contributed by atoms with Gasteiger partial charge in [0.05, 0.1) is 6.10 Å². The van der Waals surface area contributed by atoms with Gasteiger partial charge in [-0.2, -0.15) is 13.2 Å². The van der Waals surface area contributed by atoms with Gasteiger partial charge in [-0.25, -0.2) is 4.79 Å². The Morgan fingerprint density at radius 3 is 2.03 bits per heavy atom. The molecule has 0 fully saturated rings. The van der Waals surface area contributed by atoms with Crippen LogP contribution in [0, 0.1) is 0 Å². The molecule has 0 radical (unpaired) electrons. The maximum absolute atomic E-state index is 14.4. The van der Waals surface area contributed by atoms with Crippen LogP contribution in [0.1, 0.15) is 29.5 Å². The average Bonchev–Trinajstić information content (AvgIpc) is 2.91. The molecule has 0 aliphatic heterocycles. The molecule has 0 aliphatic carbocycles. The van der Waals surface area contributed by atoms with E-state index in [4.69, 9.17) is 14.2 Å². The topological polar surface area (TPSA) is 85.2 Å². The Morgan fingerprint density at radius 2 is 1.49 bits per heavy atom. The van der Waals surface area contributed by atoms with E-state index >= 15 is 0 Å². The first kappa shape index (κ1) is 29.7. The Labute approximate surface area is 225 Å². The highest BCUT2D eigenvalue weighted by atomic mass is 19.4. The van der Waals surface area contributed by atoms with Gasteiger partial charge >= 0.3 is 12.1 Å². The number of methoxy groups -OCH3 is 2. The Hall–Kier alpha value is -3.82. The molecule has 208 valence electrons. The first-order valence-corrected chi connectivity index (χ1v) is 12.3. The fourth-order valence-electron chi connectivity index (χ4n) is 4.15. The third kappa shape index (κ3) is 7.61. The summed E-state index contributed by atoms with van der Waals surface area (Å²) in [7, 11) is 2.27. The first-order chi connectivity index (χ1) is 18.6. The van der Waals surface area contributed by atoms with Crippen molar-refractivity contribution < 1.29 is 42.4 Å². The number of aromatic hydroxyl groups is 2. The smallest absolute Gasteiger partial charge is 0.432 e. The van der Waals surface area contributed by atoms with Gasteiger partial charge in [0.2, 0.25) is 0 Å². The number of benzene rings is 3. The molecule has 0 aliphatic rings. The molecule has 0 unspecified atom stereocenters. The largest absolute Gasteiger partial charge is 0.508 e. The maximum Gasteiger partial charge on any atom is 0.432 e. The van der Waals surface area contributed by atoms with E-state index in [0.29, 0.717) is 6.42 Å². The monoisotopic (exact) mass is 544 g/mol. The normalized spacial score (nSPS) is 15.0. The summed E-state index contributed by atoms with van der Waals surface area (Å²) in [5.74, 6) is -1.38. The van der Waals surface area contributed by atoms with E-state index in [0.717, 1.165) is 18.2 Å². The van der Waals surface area contributed by atoms with E-state index in [1.807, 2.05) is 0 Å². The summed E-state index contributed by atoms with van der Waals surface area (Å²) in [4.78, 5) is 13.3. The van der Waals surface area contributed by atoms with Crippen molar-refractivity contribution in [1.82, 2.24) is 0 Å². The van der Waals surface area contributed by atoms with Crippen LogP contribution in [-0.2, 0) is 31.0 Å². The van der Waals surface area contributed by atoms with Gasteiger partial charge < -0.3 is 24.4 Å². The molecular weight excluding hydrogens is 513 g/mol. The van der Waals surface area contributed by atoms with Gasteiger partial charge in [0.25, 0.3) is 5.60 Å². The molecule has 3 aromatic carbocycles. The van der Waals surface area contributed by atoms with Crippen molar-refractivity contribution in [3.63, 3.8) is 0 Å². The molecule has 0 bridgehead atoms. The lowest BCUT2D eigenvalue weighted by molar-refractivity contribution is -0.278. The lowest BCUT2D eigenvalue weighted by atomic mass is 9.92. The molecule has 0 amide bonds. The van der Waals surface area contributed by atoms with Crippen molar-refractivity contribution in [3.05, 3.63) is 102 Å². The molecule has 0 heterocycles. The Balaban J connectivity index is 1.88. The maximum atomic E-state index is 14.4. The fourth-order valence-corrected chi connectivity index (χ4v) is 4.15. The molecule has 6 nitrogen and oxygen atoms in total. The van der Waals surface area contributed by atoms with Gasteiger partial charge in [-0.05, 0) is 48.2 Å². The van der Waals surface area contributed by atoms with E-state index in [-0.39, 0.29) is 24.3 Å². The second-order valence-corrected chi connectivity index (χ2v) is 8.94. The number of phenolic OH excluding ortho intramolecular Hbond substituents is 2. The summed E-state index contributed by atoms with van der Waals surface area (Å²) in [5, 5.41) is 19.0. The Bertz CT molecular complexity index is 1210. The van der Waals surface area contributed by atoms with E-state index in [1.54, 1.807) is 36.4 Å². The summed E-state index contributed by atoms with van der Waals surface area (Å²) >= 11 is 0. The van der Waals surface area contributed by atoms with E-state index in [1.165, 1.54) is 61.7 Å². The minimum Gasteiger partial charge on any atom is -0.508 e. The van der Waals surface area contributed by atoms with Crippen LogP contribution in [0.5, 0.6) is 11.5 Å². The van der Waals surface area contributed by atoms with Crippen LogP contribution in [0.2, 0.25) is 0 Å². The number of carbonyl (C=O) groups is 1. The predicted octanol–water partition coefficient (Wildman–Crippen LogP) is 6.16. The number of halogens is 3. The summed E-state index contributed by atoms with van der Waals surface area (Å²) in [6.07, 6.45) is -2.59. The van der Waals surface area contributed by atoms with Gasteiger partial charge in [0, 0.05) is 26.2 Å². The molecule has 3 rings (SSSR count). The number of rotatable bonds is 12. The summed E-state index contributed by atoms with van der Waals surface area (Å²) < 4.78 is 59.2. The molecule has 9 heteroatoms. The predicted molar refractivity (Wildman–Crippen MR) is 140 cm³/mol. The lowest BCUT2D eigenvalue weighted by Gasteiger charge is -2.34. The molecule has 0 saturated heterocycles. The van der Waals surface area contributed by atoms with E-state index in [9.17, 15) is 28.2 Å². The summed E-state index contributed by atoms with van der Waals surface area (Å²) in [6, 6.07) is 19.5. The summed E-state index contributed by atoms with van der Waals surface area (Å²) in [5.41, 5.74) is -2.13. The highest BCUT2D eigenvalue weighted by Gasteiger charge is 2.64. The zero-order valence-electron chi connectivity index (χ0n) is 21.6. The fraction of sp³-hybridized carbons (Fsp3) is 0.300. The van der Waals surface area contributed by atoms with Crippen LogP contribution < -0.4 is 0 Å². The highest BCUT2D eigenvalue weighted by Crippen LogP contribution is 2.43. The molecule has 3 aromatic rings. The molecule has 39 heavy (non-hydrogen) atoms. The number of phenols is 2. The molecule has 0 saturated carbocycles. The first-order valence-electron chi connectivity index (χ1n) is 12.3. The number of ether oxygens (including phenoxy) is 3. The number of hydrogen-bond donors (Lipinski definition) is 2. The molecule has 3 atom stereocenters. The van der Waals surface area contributed by atoms with Crippen molar-refractivity contribution in [1.29, 1.82) is 0 Å². The third-order valence-electron chi connectivity index (χ3n) is 6.33. The van der Waals surface area contributed by atoms with Gasteiger partial charge in [-0.15, -0.1) is 0 Å². The van der Waals surface area contributed by atoms with Gasteiger partial charge in [-0.1, -0.05) is 66.7 Å². The Kier molecular flexibility index (Phi) is 10.1. The van der Waals surface area contributed by atoms with Crippen molar-refractivity contribution in [2.45, 2.75) is 43.2 Å². The lowest BCUT2D eigenvalue weighted by Crippen LogP contribution is -2.52. The number of alkyl halides is 3. The van der Waals surface area contributed by atoms with E-state index < -0.39 is 35.5 Å². The van der Waals surface area contributed by atoms with Crippen LogP contribution in [0.25, 0.3) is 6.08 Å². The van der Waals surface area contributed by atoms with Crippen molar-refractivity contribution >= 4 is 12.0 Å². The molecule has 2 N–H and O–H groups in total. The second-order valence-electron chi connectivity index (χ2n) is 8.94. The third-order valence-corrected chi connectivity index (χ3v) is 6.33. The van der Waals surface area contributed by atoms with Crippen LogP contribution >= 0.6 is 0 Å². The number of carbonyl (C=O) groups excluding carboxylic acids is 1. The summed E-state index contributed by atoms with van der Waals surface area (Å²) in [6.45, 7) is 0. The van der Waals surface area contributed by atoms with Crippen LogP contribution in [0.3, 0.4) is 0 Å². The van der Waals surface area contributed by atoms with Crippen molar-refractivity contribution in [2.24, 2.45) is 0 Å². The molecule has 0 spiro atoms. The quantitative estimate of drug-likeness (QED) is 0.266. The standard InChI is InChI=1S/C30H31F3O6/c1-37-26(18-12-21-8-14-24(34)15-9-21)20-27(19-13-22-10-16-25(35)17-11-22)39-28(36)29(38-2,30(31,32)33)23-6-4-3-5-7-23/h3-12,14-18,26-27,34-35H,13,19-20H2,1-2H3/b18-12+/t26-,27-,29-/m0/s1. The molecule has 0 aromatic heterocycles. The van der Waals surface area contributed by atoms with Gasteiger partial charge in [0.15, 0.2) is 0 Å². The van der Waals surface area contributed by atoms with Gasteiger partial charge in [-0.3, -0.25) is 0 Å². The van der Waals surface area contributed by atoms with Gasteiger partial charge in [0.1, 0.15) is 17.6 Å². The minimum absolute atomic E-state index is 0.0708. The van der Waals surface area contributed by atoms with Crippen LogP contribution in [-0.4, -0.2) is 48.8 Å². The molecular formula is C30H31F3O6. The van der Waals surface area contributed by atoms with Crippen molar-refractivity contribution in [3.8, 4) is 11.5 Å². The zero-order valence-corrected chi connectivity index (χ0v) is 21.6. The highest BCUT2D eigenvalue weighted by molar-refractivity contribution is 5.82. The second kappa shape index (κ2) is 13.3. The van der Waals surface area contributed by atoms with Crippen LogP contribution in [0.15, 0.2) is 84.9 Å². The number of aryl methyl sites for hydroxylation is 1. The zero-order chi connectivity index (χ0) is 28.5.